The minimum Gasteiger partial charge on any atom is -0.476 e. The lowest BCUT2D eigenvalue weighted by molar-refractivity contribution is 0.273. The van der Waals surface area contributed by atoms with Gasteiger partial charge in [-0.3, -0.25) is 4.68 Å². The lowest BCUT2D eigenvalue weighted by atomic mass is 10.2. The van der Waals surface area contributed by atoms with Crippen molar-refractivity contribution in [2.45, 2.75) is 13.0 Å². The summed E-state index contributed by atoms with van der Waals surface area (Å²) in [6.07, 6.45) is 0.966. The number of hydrogen-bond acceptors (Lipinski definition) is 3. The van der Waals surface area contributed by atoms with Gasteiger partial charge in [-0.05, 0) is 44.3 Å². The molecule has 0 bridgehead atoms. The number of halogens is 2. The molecule has 2 aromatic carbocycles. The summed E-state index contributed by atoms with van der Waals surface area (Å²) in [4.78, 5) is 2.15. The van der Waals surface area contributed by atoms with Crippen LogP contribution in [0.4, 0.5) is 0 Å². The lowest BCUT2D eigenvalue weighted by Crippen LogP contribution is -2.15. The van der Waals surface area contributed by atoms with Gasteiger partial charge in [-0.1, -0.05) is 41.9 Å². The molecule has 4 nitrogen and oxygen atoms in total. The molecule has 0 N–H and O–H groups in total. The first-order chi connectivity index (χ1) is 11.6. The van der Waals surface area contributed by atoms with E-state index in [0.717, 1.165) is 23.9 Å². The van der Waals surface area contributed by atoms with Crippen LogP contribution in [0.5, 0.6) is 5.88 Å². The number of fused-ring (bicyclic) bond motifs is 1. The standard InChI is InChI=1S/C19H22ClN3O.ClH/c1-22(2)11-6-12-24-19-17-10-9-16(20)13-18(17)23(21-19)14-15-7-4-3-5-8-15;/h3-5,7-10,13H,6,11-12,14H2,1-2H3;1H. The second kappa shape index (κ2) is 9.09. The van der Waals surface area contributed by atoms with Crippen molar-refractivity contribution >= 4 is 34.9 Å². The van der Waals surface area contributed by atoms with Gasteiger partial charge >= 0.3 is 0 Å². The number of ether oxygens (including phenoxy) is 1. The van der Waals surface area contributed by atoms with Crippen molar-refractivity contribution in [1.82, 2.24) is 14.7 Å². The molecule has 0 aliphatic heterocycles. The Morgan fingerprint density at radius 1 is 1.12 bits per heavy atom. The predicted octanol–water partition coefficient (Wildman–Crippen LogP) is 4.49. The fourth-order valence-electron chi connectivity index (χ4n) is 2.65. The van der Waals surface area contributed by atoms with Crippen LogP contribution in [0.1, 0.15) is 12.0 Å². The van der Waals surface area contributed by atoms with E-state index in [-0.39, 0.29) is 12.4 Å². The van der Waals surface area contributed by atoms with Gasteiger partial charge < -0.3 is 9.64 Å². The van der Waals surface area contributed by atoms with E-state index in [2.05, 4.69) is 36.2 Å². The average Bonchev–Trinajstić information content (AvgIpc) is 2.89. The number of nitrogens with zero attached hydrogens (tertiary/aromatic N) is 3. The van der Waals surface area contributed by atoms with Crippen LogP contribution in [0, 0.1) is 0 Å². The van der Waals surface area contributed by atoms with Gasteiger partial charge in [-0.25, -0.2) is 0 Å². The normalized spacial score (nSPS) is 10.9. The Labute approximate surface area is 159 Å². The molecule has 3 aromatic rings. The summed E-state index contributed by atoms with van der Waals surface area (Å²) >= 11 is 6.18. The maximum atomic E-state index is 6.18. The van der Waals surface area contributed by atoms with Gasteiger partial charge in [0, 0.05) is 11.6 Å². The molecular weight excluding hydrogens is 357 g/mol. The van der Waals surface area contributed by atoms with E-state index < -0.39 is 0 Å². The van der Waals surface area contributed by atoms with Crippen molar-refractivity contribution in [3.05, 3.63) is 59.1 Å². The van der Waals surface area contributed by atoms with E-state index in [1.54, 1.807) is 0 Å². The zero-order chi connectivity index (χ0) is 16.9. The maximum absolute atomic E-state index is 6.18. The summed E-state index contributed by atoms with van der Waals surface area (Å²) in [5, 5.41) is 6.37. The summed E-state index contributed by atoms with van der Waals surface area (Å²) in [7, 11) is 4.12. The molecule has 0 spiro atoms. The van der Waals surface area contributed by atoms with Crippen LogP contribution < -0.4 is 4.74 Å². The highest BCUT2D eigenvalue weighted by molar-refractivity contribution is 6.31. The molecule has 1 aromatic heterocycles. The summed E-state index contributed by atoms with van der Waals surface area (Å²) in [6.45, 7) is 2.34. The molecule has 0 saturated heterocycles. The van der Waals surface area contributed by atoms with E-state index >= 15 is 0 Å². The van der Waals surface area contributed by atoms with Crippen molar-refractivity contribution in [2.24, 2.45) is 0 Å². The van der Waals surface area contributed by atoms with Gasteiger partial charge in [-0.2, -0.15) is 0 Å². The average molecular weight is 380 g/mol. The Morgan fingerprint density at radius 2 is 1.88 bits per heavy atom. The van der Waals surface area contributed by atoms with Gasteiger partial charge in [0.25, 0.3) is 0 Å². The molecule has 0 fully saturated rings. The summed E-state index contributed by atoms with van der Waals surface area (Å²) < 4.78 is 7.88. The smallest absolute Gasteiger partial charge is 0.240 e. The first-order valence-electron chi connectivity index (χ1n) is 8.11. The minimum atomic E-state index is 0. The monoisotopic (exact) mass is 379 g/mol. The number of hydrogen-bond donors (Lipinski definition) is 0. The highest BCUT2D eigenvalue weighted by atomic mass is 35.5. The van der Waals surface area contributed by atoms with Gasteiger partial charge in [0.05, 0.1) is 24.1 Å². The van der Waals surface area contributed by atoms with Gasteiger partial charge in [-0.15, -0.1) is 17.5 Å². The molecular formula is C19H23Cl2N3O. The quantitative estimate of drug-likeness (QED) is 0.566. The summed E-state index contributed by atoms with van der Waals surface area (Å²) in [5.41, 5.74) is 2.19. The highest BCUT2D eigenvalue weighted by Crippen LogP contribution is 2.28. The zero-order valence-electron chi connectivity index (χ0n) is 14.5. The number of rotatable bonds is 7. The van der Waals surface area contributed by atoms with E-state index in [9.17, 15) is 0 Å². The van der Waals surface area contributed by atoms with Crippen molar-refractivity contribution in [3.8, 4) is 5.88 Å². The Bertz CT molecular complexity index is 803. The predicted molar refractivity (Wildman–Crippen MR) is 106 cm³/mol. The fraction of sp³-hybridized carbons (Fsp3) is 0.316. The highest BCUT2D eigenvalue weighted by Gasteiger charge is 2.12. The zero-order valence-corrected chi connectivity index (χ0v) is 16.1. The molecule has 25 heavy (non-hydrogen) atoms. The molecule has 1 heterocycles. The van der Waals surface area contributed by atoms with Crippen molar-refractivity contribution < 1.29 is 4.74 Å². The molecule has 0 atom stereocenters. The van der Waals surface area contributed by atoms with E-state index in [4.69, 9.17) is 16.3 Å². The number of aromatic nitrogens is 2. The van der Waals surface area contributed by atoms with Crippen LogP contribution >= 0.6 is 24.0 Å². The van der Waals surface area contributed by atoms with E-state index in [0.29, 0.717) is 24.1 Å². The van der Waals surface area contributed by atoms with Crippen LogP contribution in [0.2, 0.25) is 5.02 Å². The molecule has 3 rings (SSSR count). The molecule has 0 amide bonds. The van der Waals surface area contributed by atoms with Crippen molar-refractivity contribution in [2.75, 3.05) is 27.2 Å². The summed E-state index contributed by atoms with van der Waals surface area (Å²) in [5.74, 6) is 0.677. The molecule has 0 radical (unpaired) electrons. The topological polar surface area (TPSA) is 30.3 Å². The van der Waals surface area contributed by atoms with Crippen molar-refractivity contribution in [1.29, 1.82) is 0 Å². The largest absolute Gasteiger partial charge is 0.476 e. The summed E-state index contributed by atoms with van der Waals surface area (Å²) in [6, 6.07) is 16.1. The second-order valence-electron chi connectivity index (χ2n) is 6.12. The molecule has 0 aliphatic rings. The van der Waals surface area contributed by atoms with Crippen LogP contribution in [-0.4, -0.2) is 41.9 Å². The lowest BCUT2D eigenvalue weighted by Gasteiger charge is -2.09. The van der Waals surface area contributed by atoms with Gasteiger partial charge in [0.2, 0.25) is 5.88 Å². The minimum absolute atomic E-state index is 0. The van der Waals surface area contributed by atoms with E-state index in [1.807, 2.05) is 41.1 Å². The third-order valence-corrected chi connectivity index (χ3v) is 4.08. The fourth-order valence-corrected chi connectivity index (χ4v) is 2.82. The second-order valence-corrected chi connectivity index (χ2v) is 6.55. The Kier molecular flexibility index (Phi) is 7.12. The van der Waals surface area contributed by atoms with Crippen LogP contribution in [0.25, 0.3) is 10.9 Å². The maximum Gasteiger partial charge on any atom is 0.240 e. The number of benzene rings is 2. The molecule has 134 valence electrons. The first-order valence-corrected chi connectivity index (χ1v) is 8.49. The first kappa shape index (κ1) is 19.6. The van der Waals surface area contributed by atoms with Crippen LogP contribution in [0.15, 0.2) is 48.5 Å². The third-order valence-electron chi connectivity index (χ3n) is 3.84. The van der Waals surface area contributed by atoms with Crippen LogP contribution in [-0.2, 0) is 6.54 Å². The molecule has 0 aliphatic carbocycles. The van der Waals surface area contributed by atoms with Crippen LogP contribution in [0.3, 0.4) is 0 Å². The van der Waals surface area contributed by atoms with Crippen molar-refractivity contribution in [3.63, 3.8) is 0 Å². The molecule has 0 unspecified atom stereocenters. The molecule has 6 heteroatoms. The van der Waals surface area contributed by atoms with E-state index in [1.165, 1.54) is 5.56 Å². The van der Waals surface area contributed by atoms with Gasteiger partial charge in [0.1, 0.15) is 0 Å². The van der Waals surface area contributed by atoms with Gasteiger partial charge in [0.15, 0.2) is 0 Å². The molecule has 0 saturated carbocycles. The third kappa shape index (κ3) is 5.11. The SMILES string of the molecule is CN(C)CCCOc1nn(Cc2ccccc2)c2cc(Cl)ccc12.Cl. The Balaban J connectivity index is 0.00000225. The Morgan fingerprint density at radius 3 is 2.60 bits per heavy atom. The Hall–Kier alpha value is -1.75.